The van der Waals surface area contributed by atoms with Gasteiger partial charge in [0.05, 0.1) is 12.1 Å². The molecule has 132 valence electrons. The molecule has 0 unspecified atom stereocenters. The predicted molar refractivity (Wildman–Crippen MR) is 100 cm³/mol. The van der Waals surface area contributed by atoms with Crippen LogP contribution in [-0.2, 0) is 13.1 Å². The van der Waals surface area contributed by atoms with Crippen molar-refractivity contribution in [3.8, 4) is 5.75 Å². The van der Waals surface area contributed by atoms with Gasteiger partial charge in [0.2, 0.25) is 0 Å². The zero-order chi connectivity index (χ0) is 17.6. The van der Waals surface area contributed by atoms with Gasteiger partial charge < -0.3 is 10.1 Å². The second-order valence-corrected chi connectivity index (χ2v) is 6.74. The maximum absolute atomic E-state index is 12.3. The van der Waals surface area contributed by atoms with Crippen molar-refractivity contribution in [3.63, 3.8) is 0 Å². The zero-order valence-electron chi connectivity index (χ0n) is 14.4. The molecule has 1 fully saturated rings. The highest BCUT2D eigenvalue weighted by Crippen LogP contribution is 2.24. The minimum atomic E-state index is -0.144. The van der Waals surface area contributed by atoms with Crippen molar-refractivity contribution in [2.75, 3.05) is 20.2 Å². The number of amides is 1. The van der Waals surface area contributed by atoms with Gasteiger partial charge in [-0.15, -0.1) is 0 Å². The van der Waals surface area contributed by atoms with Crippen molar-refractivity contribution in [2.45, 2.75) is 25.9 Å². The number of benzene rings is 2. The molecule has 2 aromatic carbocycles. The van der Waals surface area contributed by atoms with Gasteiger partial charge in [-0.25, -0.2) is 0 Å². The van der Waals surface area contributed by atoms with Crippen LogP contribution in [0.4, 0.5) is 0 Å². The van der Waals surface area contributed by atoms with Crippen LogP contribution in [0.1, 0.15) is 34.3 Å². The Bertz CT molecular complexity index is 742. The van der Waals surface area contributed by atoms with Gasteiger partial charge in [0.1, 0.15) is 5.75 Å². The van der Waals surface area contributed by atoms with E-state index in [9.17, 15) is 4.79 Å². The predicted octanol–water partition coefficient (Wildman–Crippen LogP) is 3.87. The number of likely N-dealkylation sites (tertiary alicyclic amines) is 1. The zero-order valence-corrected chi connectivity index (χ0v) is 15.2. The molecule has 4 nitrogen and oxygen atoms in total. The van der Waals surface area contributed by atoms with Gasteiger partial charge >= 0.3 is 0 Å². The topological polar surface area (TPSA) is 41.6 Å². The molecule has 5 heteroatoms. The summed E-state index contributed by atoms with van der Waals surface area (Å²) < 4.78 is 5.11. The maximum Gasteiger partial charge on any atom is 0.251 e. The van der Waals surface area contributed by atoms with E-state index in [1.807, 2.05) is 6.07 Å². The van der Waals surface area contributed by atoms with E-state index in [4.69, 9.17) is 16.3 Å². The second-order valence-electron chi connectivity index (χ2n) is 6.34. The van der Waals surface area contributed by atoms with E-state index in [2.05, 4.69) is 28.4 Å². The molecule has 1 N–H and O–H groups in total. The van der Waals surface area contributed by atoms with Gasteiger partial charge in [-0.3, -0.25) is 9.69 Å². The summed E-state index contributed by atoms with van der Waals surface area (Å²) in [7, 11) is 1.55. The summed E-state index contributed by atoms with van der Waals surface area (Å²) in [6.45, 7) is 3.84. The maximum atomic E-state index is 12.3. The smallest absolute Gasteiger partial charge is 0.251 e. The lowest BCUT2D eigenvalue weighted by atomic mass is 10.1. The van der Waals surface area contributed by atoms with Gasteiger partial charge in [-0.1, -0.05) is 35.9 Å². The fourth-order valence-electron chi connectivity index (χ4n) is 3.13. The minimum Gasteiger partial charge on any atom is -0.495 e. The van der Waals surface area contributed by atoms with Gasteiger partial charge in [0.15, 0.2) is 0 Å². The molecule has 3 rings (SSSR count). The average Bonchev–Trinajstić information content (AvgIpc) is 3.13. The lowest BCUT2D eigenvalue weighted by Crippen LogP contribution is -2.23. The number of halogens is 1. The third-order valence-corrected chi connectivity index (χ3v) is 4.76. The summed E-state index contributed by atoms with van der Waals surface area (Å²) in [5.74, 6) is 0.419. The first-order valence-electron chi connectivity index (χ1n) is 8.57. The number of nitrogens with one attached hydrogen (secondary N) is 1. The van der Waals surface area contributed by atoms with Gasteiger partial charge in [0.25, 0.3) is 5.91 Å². The third kappa shape index (κ3) is 4.74. The van der Waals surface area contributed by atoms with Crippen LogP contribution in [0.25, 0.3) is 0 Å². The normalized spacial score (nSPS) is 14.5. The molecule has 0 saturated carbocycles. The fraction of sp³-hybridized carbons (Fsp3) is 0.350. The monoisotopic (exact) mass is 358 g/mol. The van der Waals surface area contributed by atoms with E-state index in [0.29, 0.717) is 22.9 Å². The summed E-state index contributed by atoms with van der Waals surface area (Å²) in [6, 6.07) is 13.4. The summed E-state index contributed by atoms with van der Waals surface area (Å²) >= 11 is 6.08. The summed E-state index contributed by atoms with van der Waals surface area (Å²) in [4.78, 5) is 14.8. The Balaban J connectivity index is 1.59. The second kappa shape index (κ2) is 8.37. The first-order chi connectivity index (χ1) is 12.2. The molecular weight excluding hydrogens is 336 g/mol. The van der Waals surface area contributed by atoms with Crippen LogP contribution >= 0.6 is 11.6 Å². The Morgan fingerprint density at radius 1 is 1.16 bits per heavy atom. The highest BCUT2D eigenvalue weighted by atomic mass is 35.5. The van der Waals surface area contributed by atoms with Crippen LogP contribution in [0.5, 0.6) is 5.75 Å². The van der Waals surface area contributed by atoms with Gasteiger partial charge in [0, 0.05) is 18.7 Å². The Kier molecular flexibility index (Phi) is 5.95. The number of hydrogen-bond donors (Lipinski definition) is 1. The van der Waals surface area contributed by atoms with E-state index < -0.39 is 0 Å². The molecule has 1 saturated heterocycles. The van der Waals surface area contributed by atoms with Crippen LogP contribution in [0, 0.1) is 0 Å². The molecule has 0 spiro atoms. The number of carbonyl (C=O) groups is 1. The van der Waals surface area contributed by atoms with E-state index in [-0.39, 0.29) is 5.91 Å². The number of nitrogens with zero attached hydrogens (tertiary/aromatic N) is 1. The third-order valence-electron chi connectivity index (χ3n) is 4.46. The lowest BCUT2D eigenvalue weighted by Gasteiger charge is -2.15. The first kappa shape index (κ1) is 17.8. The molecule has 0 bridgehead atoms. The summed E-state index contributed by atoms with van der Waals surface area (Å²) in [5, 5.41) is 3.38. The SMILES string of the molecule is COc1ccc(C(=O)NCc2cccc(CN3CCCC3)c2)cc1Cl. The van der Waals surface area contributed by atoms with Gasteiger partial charge in [-0.2, -0.15) is 0 Å². The highest BCUT2D eigenvalue weighted by Gasteiger charge is 2.12. The quantitative estimate of drug-likeness (QED) is 0.852. The van der Waals surface area contributed by atoms with Crippen molar-refractivity contribution in [2.24, 2.45) is 0 Å². The Labute approximate surface area is 153 Å². The molecule has 0 radical (unpaired) electrons. The molecule has 0 aromatic heterocycles. The van der Waals surface area contributed by atoms with Crippen molar-refractivity contribution >= 4 is 17.5 Å². The molecule has 0 atom stereocenters. The molecule has 1 heterocycles. The average molecular weight is 359 g/mol. The minimum absolute atomic E-state index is 0.144. The Morgan fingerprint density at radius 3 is 2.64 bits per heavy atom. The Hall–Kier alpha value is -2.04. The molecule has 25 heavy (non-hydrogen) atoms. The summed E-state index contributed by atoms with van der Waals surface area (Å²) in [6.07, 6.45) is 2.58. The standard InChI is InChI=1S/C20H23ClN2O2/c1-25-19-8-7-17(12-18(19)21)20(24)22-13-15-5-4-6-16(11-15)14-23-9-2-3-10-23/h4-8,11-12H,2-3,9-10,13-14H2,1H3,(H,22,24). The number of ether oxygens (including phenoxy) is 1. The molecule has 2 aromatic rings. The van der Waals surface area contributed by atoms with Crippen LogP contribution in [0.15, 0.2) is 42.5 Å². The molecule has 0 aliphatic carbocycles. The lowest BCUT2D eigenvalue weighted by molar-refractivity contribution is 0.0951. The van der Waals surface area contributed by atoms with Crippen molar-refractivity contribution in [1.82, 2.24) is 10.2 Å². The number of carbonyl (C=O) groups excluding carboxylic acids is 1. The van der Waals surface area contributed by atoms with E-state index in [1.165, 1.54) is 31.5 Å². The van der Waals surface area contributed by atoms with Crippen molar-refractivity contribution in [3.05, 3.63) is 64.2 Å². The number of hydrogen-bond acceptors (Lipinski definition) is 3. The largest absolute Gasteiger partial charge is 0.495 e. The molecule has 1 aliphatic rings. The van der Waals surface area contributed by atoms with E-state index in [1.54, 1.807) is 25.3 Å². The van der Waals surface area contributed by atoms with E-state index in [0.717, 1.165) is 12.1 Å². The number of rotatable bonds is 6. The van der Waals surface area contributed by atoms with Crippen LogP contribution in [0.2, 0.25) is 5.02 Å². The fourth-order valence-corrected chi connectivity index (χ4v) is 3.39. The molecule has 1 aliphatic heterocycles. The van der Waals surface area contributed by atoms with Crippen LogP contribution in [0.3, 0.4) is 0 Å². The number of methoxy groups -OCH3 is 1. The Morgan fingerprint density at radius 2 is 1.92 bits per heavy atom. The highest BCUT2D eigenvalue weighted by molar-refractivity contribution is 6.32. The first-order valence-corrected chi connectivity index (χ1v) is 8.95. The van der Waals surface area contributed by atoms with Crippen LogP contribution in [-0.4, -0.2) is 31.0 Å². The molecular formula is C20H23ClN2O2. The summed E-state index contributed by atoms with van der Waals surface area (Å²) in [5.41, 5.74) is 2.92. The van der Waals surface area contributed by atoms with Gasteiger partial charge in [-0.05, 0) is 55.3 Å². The molecule has 1 amide bonds. The van der Waals surface area contributed by atoms with Crippen molar-refractivity contribution in [1.29, 1.82) is 0 Å². The van der Waals surface area contributed by atoms with Crippen LogP contribution < -0.4 is 10.1 Å². The van der Waals surface area contributed by atoms with Crippen molar-refractivity contribution < 1.29 is 9.53 Å². The van der Waals surface area contributed by atoms with E-state index >= 15 is 0 Å².